The zero-order valence-electron chi connectivity index (χ0n) is 12.3. The fourth-order valence-electron chi connectivity index (χ4n) is 3.01. The molecule has 0 saturated heterocycles. The number of nitrogens with one attached hydrogen (secondary N) is 1. The highest BCUT2D eigenvalue weighted by Gasteiger charge is 2.17. The zero-order chi connectivity index (χ0) is 15.5. The summed E-state index contributed by atoms with van der Waals surface area (Å²) in [4.78, 5) is 0. The van der Waals surface area contributed by atoms with Crippen molar-refractivity contribution in [2.75, 3.05) is 11.9 Å². The number of aliphatic hydroxyl groups is 1. The first kappa shape index (κ1) is 15.2. The minimum atomic E-state index is -0.642. The van der Waals surface area contributed by atoms with Crippen molar-refractivity contribution in [3.63, 3.8) is 0 Å². The number of aromatic hydroxyl groups is 1. The Morgan fingerprint density at radius 1 is 1.05 bits per heavy atom. The molecule has 0 amide bonds. The monoisotopic (exact) mass is 317 g/mol. The topological polar surface area (TPSA) is 52.5 Å². The molecule has 0 aromatic heterocycles. The number of fused-ring (bicyclic) bond motifs is 1. The van der Waals surface area contributed by atoms with Gasteiger partial charge in [-0.3, -0.25) is 0 Å². The van der Waals surface area contributed by atoms with Crippen LogP contribution < -0.4 is 5.32 Å². The molecule has 0 aliphatic heterocycles. The molecule has 0 saturated carbocycles. The van der Waals surface area contributed by atoms with Crippen LogP contribution in [0.15, 0.2) is 36.4 Å². The number of rotatable bonds is 4. The van der Waals surface area contributed by atoms with Gasteiger partial charge in [0.1, 0.15) is 5.75 Å². The summed E-state index contributed by atoms with van der Waals surface area (Å²) in [6.45, 7) is 0.353. The van der Waals surface area contributed by atoms with Gasteiger partial charge in [-0.1, -0.05) is 29.8 Å². The predicted molar refractivity (Wildman–Crippen MR) is 89.7 cm³/mol. The Morgan fingerprint density at radius 2 is 1.77 bits per heavy atom. The highest BCUT2D eigenvalue weighted by atomic mass is 35.5. The van der Waals surface area contributed by atoms with Crippen LogP contribution >= 0.6 is 11.6 Å². The molecule has 1 atom stereocenters. The third kappa shape index (κ3) is 3.21. The van der Waals surface area contributed by atoms with Gasteiger partial charge >= 0.3 is 0 Å². The lowest BCUT2D eigenvalue weighted by Gasteiger charge is -2.22. The van der Waals surface area contributed by atoms with E-state index in [1.165, 1.54) is 17.5 Å². The Morgan fingerprint density at radius 3 is 2.55 bits per heavy atom. The summed E-state index contributed by atoms with van der Waals surface area (Å²) < 4.78 is 0. The van der Waals surface area contributed by atoms with Gasteiger partial charge in [0.15, 0.2) is 0 Å². The zero-order valence-corrected chi connectivity index (χ0v) is 13.1. The number of aryl methyl sites for hydroxylation is 1. The molecular weight excluding hydrogens is 298 g/mol. The van der Waals surface area contributed by atoms with Crippen LogP contribution in [-0.2, 0) is 12.8 Å². The molecule has 0 bridgehead atoms. The first-order valence-corrected chi connectivity index (χ1v) is 8.04. The van der Waals surface area contributed by atoms with Gasteiger partial charge in [0.25, 0.3) is 0 Å². The Hall–Kier alpha value is -1.71. The maximum atomic E-state index is 10.3. The second-order valence-electron chi connectivity index (χ2n) is 5.75. The molecule has 2 aromatic carbocycles. The van der Waals surface area contributed by atoms with Gasteiger partial charge in [-0.05, 0) is 60.6 Å². The smallest absolute Gasteiger partial charge is 0.138 e. The lowest BCUT2D eigenvalue weighted by atomic mass is 9.90. The van der Waals surface area contributed by atoms with Gasteiger partial charge in [-0.15, -0.1) is 0 Å². The van der Waals surface area contributed by atoms with E-state index < -0.39 is 6.10 Å². The molecule has 0 fully saturated rings. The fourth-order valence-corrected chi connectivity index (χ4v) is 3.14. The molecule has 22 heavy (non-hydrogen) atoms. The van der Waals surface area contributed by atoms with E-state index in [0.717, 1.165) is 30.5 Å². The minimum Gasteiger partial charge on any atom is -0.506 e. The van der Waals surface area contributed by atoms with Gasteiger partial charge < -0.3 is 15.5 Å². The molecule has 1 aliphatic carbocycles. The van der Waals surface area contributed by atoms with E-state index in [9.17, 15) is 10.2 Å². The summed E-state index contributed by atoms with van der Waals surface area (Å²) in [7, 11) is 0. The quantitative estimate of drug-likeness (QED) is 0.745. The largest absolute Gasteiger partial charge is 0.506 e. The maximum absolute atomic E-state index is 10.3. The highest BCUT2D eigenvalue weighted by molar-refractivity contribution is 6.30. The molecule has 0 heterocycles. The lowest BCUT2D eigenvalue weighted by Crippen LogP contribution is -2.15. The summed E-state index contributed by atoms with van der Waals surface area (Å²) in [5.74, 6) is 0.254. The van der Waals surface area contributed by atoms with Crippen molar-refractivity contribution in [3.05, 3.63) is 58.1 Å². The number of hydrogen-bond donors (Lipinski definition) is 3. The third-order valence-corrected chi connectivity index (χ3v) is 4.49. The second kappa shape index (κ2) is 6.59. The Bertz CT molecular complexity index is 655. The van der Waals surface area contributed by atoms with Crippen LogP contribution in [0.1, 0.15) is 35.6 Å². The van der Waals surface area contributed by atoms with Crippen LogP contribution in [0, 0.1) is 0 Å². The van der Waals surface area contributed by atoms with E-state index in [1.807, 2.05) is 18.2 Å². The van der Waals surface area contributed by atoms with E-state index in [2.05, 4.69) is 5.32 Å². The summed E-state index contributed by atoms with van der Waals surface area (Å²) in [6, 6.07) is 10.9. The molecular formula is C18H20ClNO2. The number of aliphatic hydroxyl groups excluding tert-OH is 1. The van der Waals surface area contributed by atoms with Crippen LogP contribution in [0.2, 0.25) is 5.02 Å². The second-order valence-corrected chi connectivity index (χ2v) is 6.19. The molecule has 116 valence electrons. The van der Waals surface area contributed by atoms with Crippen LogP contribution in [-0.4, -0.2) is 16.8 Å². The van der Waals surface area contributed by atoms with Gasteiger partial charge in [-0.25, -0.2) is 0 Å². The molecule has 0 unspecified atom stereocenters. The third-order valence-electron chi connectivity index (χ3n) is 4.24. The van der Waals surface area contributed by atoms with E-state index in [1.54, 1.807) is 18.2 Å². The van der Waals surface area contributed by atoms with Crippen molar-refractivity contribution >= 4 is 17.3 Å². The van der Waals surface area contributed by atoms with Crippen molar-refractivity contribution in [2.24, 2.45) is 0 Å². The number of hydrogen-bond acceptors (Lipinski definition) is 3. The average molecular weight is 318 g/mol. The van der Waals surface area contributed by atoms with Crippen molar-refractivity contribution < 1.29 is 10.2 Å². The number of halogens is 1. The van der Waals surface area contributed by atoms with E-state index >= 15 is 0 Å². The SMILES string of the molecule is Oc1ccc2c(c1NC[C@H](O)c1ccc(Cl)cc1)CCCC2. The van der Waals surface area contributed by atoms with E-state index in [-0.39, 0.29) is 5.75 Å². The van der Waals surface area contributed by atoms with Gasteiger partial charge in [0, 0.05) is 11.6 Å². The Kier molecular flexibility index (Phi) is 4.55. The van der Waals surface area contributed by atoms with Crippen LogP contribution in [0.3, 0.4) is 0 Å². The van der Waals surface area contributed by atoms with Crippen molar-refractivity contribution in [3.8, 4) is 5.75 Å². The predicted octanol–water partition coefficient (Wildman–Crippen LogP) is 4.07. The molecule has 1 aliphatic rings. The van der Waals surface area contributed by atoms with Gasteiger partial charge in [-0.2, -0.15) is 0 Å². The van der Waals surface area contributed by atoms with Crippen molar-refractivity contribution in [1.29, 1.82) is 0 Å². The first-order valence-electron chi connectivity index (χ1n) is 7.66. The minimum absolute atomic E-state index is 0.254. The molecule has 0 radical (unpaired) electrons. The van der Waals surface area contributed by atoms with Crippen LogP contribution in [0.25, 0.3) is 0 Å². The maximum Gasteiger partial charge on any atom is 0.138 e. The molecule has 3 N–H and O–H groups in total. The highest BCUT2D eigenvalue weighted by Crippen LogP contribution is 2.35. The van der Waals surface area contributed by atoms with Crippen LogP contribution in [0.5, 0.6) is 5.75 Å². The first-order chi connectivity index (χ1) is 10.6. The van der Waals surface area contributed by atoms with E-state index in [0.29, 0.717) is 11.6 Å². The fraction of sp³-hybridized carbons (Fsp3) is 0.333. The van der Waals surface area contributed by atoms with Crippen molar-refractivity contribution in [1.82, 2.24) is 0 Å². The summed E-state index contributed by atoms with van der Waals surface area (Å²) in [5, 5.41) is 24.3. The molecule has 3 rings (SSSR count). The molecule has 0 spiro atoms. The normalized spacial score (nSPS) is 15.2. The molecule has 4 heteroatoms. The Balaban J connectivity index is 1.75. The molecule has 2 aromatic rings. The van der Waals surface area contributed by atoms with Crippen molar-refractivity contribution in [2.45, 2.75) is 31.8 Å². The van der Waals surface area contributed by atoms with Gasteiger partial charge in [0.05, 0.1) is 11.8 Å². The number of phenols is 1. The number of benzene rings is 2. The summed E-state index contributed by atoms with van der Waals surface area (Å²) in [5.41, 5.74) is 4.06. The number of anilines is 1. The number of phenolic OH excluding ortho intramolecular Hbond substituents is 1. The van der Waals surface area contributed by atoms with E-state index in [4.69, 9.17) is 11.6 Å². The van der Waals surface area contributed by atoms with Crippen LogP contribution in [0.4, 0.5) is 5.69 Å². The lowest BCUT2D eigenvalue weighted by molar-refractivity contribution is 0.191. The standard InChI is InChI=1S/C18H20ClNO2/c19-14-8-5-13(6-9-14)17(22)11-20-18-15-4-2-1-3-12(15)7-10-16(18)21/h5-10,17,20-22H,1-4,11H2/t17-/m0/s1. The summed E-state index contributed by atoms with van der Waals surface area (Å²) >= 11 is 5.86. The summed E-state index contributed by atoms with van der Waals surface area (Å²) in [6.07, 6.45) is 3.74. The Labute approximate surface area is 135 Å². The molecule has 3 nitrogen and oxygen atoms in total. The average Bonchev–Trinajstić information content (AvgIpc) is 2.54. The van der Waals surface area contributed by atoms with Gasteiger partial charge in [0.2, 0.25) is 0 Å².